The number of amidine groups is 2. The lowest BCUT2D eigenvalue weighted by molar-refractivity contribution is 0.599. The van der Waals surface area contributed by atoms with Crippen LogP contribution in [0.25, 0.3) is 0 Å². The first-order chi connectivity index (χ1) is 14.8. The quantitative estimate of drug-likeness (QED) is 0.209. The van der Waals surface area contributed by atoms with Crippen LogP contribution in [-0.2, 0) is 11.5 Å². The maximum atomic E-state index is 14.9. The molecule has 160 valence electrons. The molecule has 0 atom stereocenters. The molecule has 3 aromatic carbocycles. The average Bonchev–Trinajstić information content (AvgIpc) is 2.73. The number of hydrogen-bond donors (Lipinski definition) is 4. The summed E-state index contributed by atoms with van der Waals surface area (Å²) in [6.45, 7) is 0. The van der Waals surface area contributed by atoms with Crippen molar-refractivity contribution in [3.8, 4) is 0 Å². The highest BCUT2D eigenvalue weighted by Crippen LogP contribution is 2.31. The molecule has 0 aromatic heterocycles. The molecule has 4 nitrogen and oxygen atoms in total. The summed E-state index contributed by atoms with van der Waals surface area (Å²) in [5.74, 6) is -1.48. The highest BCUT2D eigenvalue weighted by Gasteiger charge is 2.13. The van der Waals surface area contributed by atoms with Gasteiger partial charge in [-0.15, -0.1) is 23.5 Å². The molecule has 0 bridgehead atoms. The Hall–Kier alpha value is -2.91. The summed E-state index contributed by atoms with van der Waals surface area (Å²) in [5, 5.41) is 14.7. The molecular weight excluding hydrogens is 441 g/mol. The van der Waals surface area contributed by atoms with E-state index in [0.717, 1.165) is 23.5 Å². The third-order valence-electron chi connectivity index (χ3n) is 4.41. The van der Waals surface area contributed by atoms with Gasteiger partial charge >= 0.3 is 0 Å². The number of rotatable bonds is 8. The number of nitrogen functional groups attached to an aromatic ring is 2. The molecule has 0 aliphatic rings. The molecule has 0 radical (unpaired) electrons. The van der Waals surface area contributed by atoms with E-state index in [1.807, 2.05) is 0 Å². The van der Waals surface area contributed by atoms with Gasteiger partial charge in [-0.2, -0.15) is 0 Å². The molecule has 0 saturated carbocycles. The van der Waals surface area contributed by atoms with E-state index >= 15 is 0 Å². The van der Waals surface area contributed by atoms with Gasteiger partial charge < -0.3 is 11.5 Å². The maximum Gasteiger partial charge on any atom is 0.137 e. The van der Waals surface area contributed by atoms with Crippen molar-refractivity contribution in [2.24, 2.45) is 11.5 Å². The number of benzene rings is 3. The van der Waals surface area contributed by atoms with Gasteiger partial charge in [0.1, 0.15) is 29.1 Å². The van der Waals surface area contributed by atoms with Gasteiger partial charge in [-0.3, -0.25) is 10.8 Å². The molecule has 0 heterocycles. The second kappa shape index (κ2) is 9.93. The van der Waals surface area contributed by atoms with Gasteiger partial charge in [0.05, 0.1) is 0 Å². The van der Waals surface area contributed by atoms with E-state index < -0.39 is 17.5 Å². The smallest absolute Gasteiger partial charge is 0.137 e. The minimum absolute atomic E-state index is 0.211. The second-order valence-electron chi connectivity index (χ2n) is 6.59. The predicted octanol–water partition coefficient (Wildman–Crippen LogP) is 5.26. The van der Waals surface area contributed by atoms with Gasteiger partial charge in [0.2, 0.25) is 0 Å². The van der Waals surface area contributed by atoms with Crippen LogP contribution in [0.15, 0.2) is 64.4 Å². The molecular formula is C22H19F3N4S2. The summed E-state index contributed by atoms with van der Waals surface area (Å²) in [6.07, 6.45) is 0. The Morgan fingerprint density at radius 3 is 1.48 bits per heavy atom. The zero-order valence-corrected chi connectivity index (χ0v) is 17.8. The summed E-state index contributed by atoms with van der Waals surface area (Å²) in [6, 6.07) is 13.4. The van der Waals surface area contributed by atoms with Gasteiger partial charge in [0.15, 0.2) is 0 Å². The summed E-state index contributed by atoms with van der Waals surface area (Å²) in [5.41, 5.74) is 12.1. The predicted molar refractivity (Wildman–Crippen MR) is 120 cm³/mol. The standard InChI is InChI=1S/C22H19F3N4S2/c23-16-8-12(21(26)27)4-6-18(16)30-10-14-2-1-3-15(20(14)25)11-31-19-7-5-13(22(28)29)9-17(19)24/h1-9H,10-11H2,(H3,26,27)(H3,28,29). The number of hydrogen-bond acceptors (Lipinski definition) is 4. The van der Waals surface area contributed by atoms with E-state index in [0.29, 0.717) is 20.9 Å². The molecule has 9 heteroatoms. The molecule has 6 N–H and O–H groups in total. The Morgan fingerprint density at radius 1 is 0.710 bits per heavy atom. The van der Waals surface area contributed by atoms with Gasteiger partial charge in [-0.1, -0.05) is 18.2 Å². The lowest BCUT2D eigenvalue weighted by atomic mass is 10.1. The van der Waals surface area contributed by atoms with Crippen LogP contribution in [0.1, 0.15) is 22.3 Å². The van der Waals surface area contributed by atoms with Crippen LogP contribution in [0.4, 0.5) is 13.2 Å². The Balaban J connectivity index is 1.69. The number of thioether (sulfide) groups is 2. The summed E-state index contributed by atoms with van der Waals surface area (Å²) < 4.78 is 43.3. The number of halogens is 3. The monoisotopic (exact) mass is 460 g/mol. The largest absolute Gasteiger partial charge is 0.384 e. The van der Waals surface area contributed by atoms with Gasteiger partial charge in [-0.25, -0.2) is 13.2 Å². The topological polar surface area (TPSA) is 99.7 Å². The third-order valence-corrected chi connectivity index (χ3v) is 6.61. The van der Waals surface area contributed by atoms with Crippen molar-refractivity contribution in [1.82, 2.24) is 0 Å². The minimum Gasteiger partial charge on any atom is -0.384 e. The summed E-state index contributed by atoms with van der Waals surface area (Å²) in [4.78, 5) is 0.661. The fraction of sp³-hybridized carbons (Fsp3) is 0.0909. The van der Waals surface area contributed by atoms with Crippen molar-refractivity contribution in [2.75, 3.05) is 0 Å². The van der Waals surface area contributed by atoms with Gasteiger partial charge in [-0.05, 0) is 47.5 Å². The van der Waals surface area contributed by atoms with E-state index in [4.69, 9.17) is 22.3 Å². The zero-order chi connectivity index (χ0) is 22.5. The Labute approximate surface area is 186 Å². The van der Waals surface area contributed by atoms with Gasteiger partial charge in [0, 0.05) is 32.4 Å². The van der Waals surface area contributed by atoms with Crippen molar-refractivity contribution in [3.05, 3.63) is 94.3 Å². The van der Waals surface area contributed by atoms with E-state index in [1.165, 1.54) is 24.3 Å². The summed E-state index contributed by atoms with van der Waals surface area (Å²) in [7, 11) is 0. The Bertz CT molecular complexity index is 1070. The van der Waals surface area contributed by atoms with Crippen molar-refractivity contribution in [1.29, 1.82) is 10.8 Å². The first-order valence-electron chi connectivity index (χ1n) is 9.06. The van der Waals surface area contributed by atoms with Crippen molar-refractivity contribution in [2.45, 2.75) is 21.3 Å². The van der Waals surface area contributed by atoms with Crippen LogP contribution in [0.3, 0.4) is 0 Å². The third kappa shape index (κ3) is 5.62. The molecule has 0 aliphatic heterocycles. The van der Waals surface area contributed by atoms with Crippen LogP contribution in [0.2, 0.25) is 0 Å². The first-order valence-corrected chi connectivity index (χ1v) is 11.0. The first kappa shape index (κ1) is 22.8. The maximum absolute atomic E-state index is 14.9. The molecule has 0 amide bonds. The average molecular weight is 461 g/mol. The zero-order valence-electron chi connectivity index (χ0n) is 16.2. The van der Waals surface area contributed by atoms with Crippen LogP contribution >= 0.6 is 23.5 Å². The molecule has 0 fully saturated rings. The SMILES string of the molecule is N=C(N)c1ccc(SCc2cccc(CSc3ccc(C(=N)N)cc3F)c2F)c(F)c1. The van der Waals surface area contributed by atoms with Crippen LogP contribution in [0, 0.1) is 28.3 Å². The fourth-order valence-electron chi connectivity index (χ4n) is 2.74. The molecule has 3 rings (SSSR count). The summed E-state index contributed by atoms with van der Waals surface area (Å²) >= 11 is 2.28. The number of nitrogens with one attached hydrogen (secondary N) is 2. The molecule has 0 spiro atoms. The van der Waals surface area contributed by atoms with E-state index in [1.54, 1.807) is 30.3 Å². The highest BCUT2D eigenvalue weighted by molar-refractivity contribution is 7.98. The van der Waals surface area contributed by atoms with E-state index in [-0.39, 0.29) is 34.3 Å². The highest BCUT2D eigenvalue weighted by atomic mass is 32.2. The Kier molecular flexibility index (Phi) is 7.29. The van der Waals surface area contributed by atoms with Crippen molar-refractivity contribution < 1.29 is 13.2 Å². The Morgan fingerprint density at radius 2 is 1.13 bits per heavy atom. The lowest BCUT2D eigenvalue weighted by Gasteiger charge is -2.10. The fourth-order valence-corrected chi connectivity index (χ4v) is 4.53. The van der Waals surface area contributed by atoms with Crippen LogP contribution in [0.5, 0.6) is 0 Å². The van der Waals surface area contributed by atoms with Crippen molar-refractivity contribution >= 4 is 35.2 Å². The molecule has 0 unspecified atom stereocenters. The lowest BCUT2D eigenvalue weighted by Crippen LogP contribution is -2.11. The van der Waals surface area contributed by atoms with Crippen LogP contribution in [-0.4, -0.2) is 11.7 Å². The normalized spacial score (nSPS) is 10.8. The van der Waals surface area contributed by atoms with Gasteiger partial charge in [0.25, 0.3) is 0 Å². The van der Waals surface area contributed by atoms with E-state index in [2.05, 4.69) is 0 Å². The minimum atomic E-state index is -0.519. The molecule has 0 saturated heterocycles. The number of nitrogens with two attached hydrogens (primary N) is 2. The van der Waals surface area contributed by atoms with E-state index in [9.17, 15) is 13.2 Å². The molecule has 0 aliphatic carbocycles. The molecule has 31 heavy (non-hydrogen) atoms. The molecule has 3 aromatic rings. The van der Waals surface area contributed by atoms with Crippen molar-refractivity contribution in [3.63, 3.8) is 0 Å². The van der Waals surface area contributed by atoms with Crippen LogP contribution < -0.4 is 11.5 Å². The second-order valence-corrected chi connectivity index (χ2v) is 8.62.